The maximum atomic E-state index is 13.7. The Morgan fingerprint density at radius 1 is 1.31 bits per heavy atom. The number of hydrogen-bond donors (Lipinski definition) is 3. The molecule has 0 spiro atoms. The van der Waals surface area contributed by atoms with Crippen LogP contribution in [0.3, 0.4) is 0 Å². The van der Waals surface area contributed by atoms with Gasteiger partial charge in [0.25, 0.3) is 0 Å². The molecule has 16 nitrogen and oxygen atoms in total. The van der Waals surface area contributed by atoms with Crippen molar-refractivity contribution >= 4 is 30.7 Å². The van der Waals surface area contributed by atoms with Gasteiger partial charge in [-0.05, 0) is 38.4 Å². The number of aliphatic hydroxyl groups excluding tert-OH is 1. The van der Waals surface area contributed by atoms with Crippen molar-refractivity contribution in [3.05, 3.63) is 53.4 Å². The fourth-order valence-electron chi connectivity index (χ4n) is 3.84. The number of imidazole rings is 1. The Kier molecular flexibility index (Phi) is 8.65. The van der Waals surface area contributed by atoms with Crippen molar-refractivity contribution in [2.45, 2.75) is 57.4 Å². The lowest BCUT2D eigenvalue weighted by Crippen LogP contribution is -2.37. The lowest BCUT2D eigenvalue weighted by molar-refractivity contribution is -0.149. The standard InChI is InChI=1S/C22H28N9O7P/c1-12(2)36-22(33)13(3)29-39(34,38-14-7-5-4-6-8-14)35-9-15-18(32)16(28-30-24)21(37-15)31-11-27-17-19(23)25-10-26-20(17)31/h4-8,10-13,15-16,18,21,32H,9H2,1-3H3,(H,29,34)(H2,23,25,26)/t13-,15+,16?,18+,21+,39?/m0/s1. The second kappa shape index (κ2) is 11.9. The summed E-state index contributed by atoms with van der Waals surface area (Å²) in [6.45, 7) is 4.34. The van der Waals surface area contributed by atoms with Gasteiger partial charge in [-0.25, -0.2) is 19.5 Å². The monoisotopic (exact) mass is 561 g/mol. The number of rotatable bonds is 11. The maximum absolute atomic E-state index is 13.7. The molecule has 1 fully saturated rings. The number of nitrogen functional groups attached to an aromatic ring is 1. The van der Waals surface area contributed by atoms with E-state index in [0.717, 1.165) is 0 Å². The van der Waals surface area contributed by atoms with Crippen LogP contribution in [-0.4, -0.2) is 67.6 Å². The minimum Gasteiger partial charge on any atom is -0.462 e. The molecule has 3 aromatic rings. The van der Waals surface area contributed by atoms with Gasteiger partial charge in [0, 0.05) is 4.91 Å². The van der Waals surface area contributed by atoms with Gasteiger partial charge >= 0.3 is 13.7 Å². The molecule has 0 saturated carbocycles. The number of aromatic nitrogens is 4. The third-order valence-corrected chi connectivity index (χ3v) is 7.26. The van der Waals surface area contributed by atoms with Gasteiger partial charge in [-0.1, -0.05) is 23.3 Å². The Morgan fingerprint density at radius 2 is 2.05 bits per heavy atom. The molecular formula is C22H28N9O7P. The molecule has 1 saturated heterocycles. The van der Waals surface area contributed by atoms with Crippen LogP contribution in [0, 0.1) is 0 Å². The minimum absolute atomic E-state index is 0.132. The van der Waals surface area contributed by atoms with E-state index in [1.165, 1.54) is 24.1 Å². The van der Waals surface area contributed by atoms with E-state index in [1.54, 1.807) is 44.2 Å². The van der Waals surface area contributed by atoms with E-state index in [9.17, 15) is 14.5 Å². The van der Waals surface area contributed by atoms with Crippen LogP contribution in [0.4, 0.5) is 5.82 Å². The Labute approximate surface area is 222 Å². The number of nitrogens with two attached hydrogens (primary N) is 1. The number of esters is 1. The third kappa shape index (κ3) is 6.45. The summed E-state index contributed by atoms with van der Waals surface area (Å²) < 4.78 is 37.6. The number of nitrogens with one attached hydrogen (secondary N) is 1. The number of carbonyl (C=O) groups is 1. The predicted octanol–water partition coefficient (Wildman–Crippen LogP) is 2.48. The van der Waals surface area contributed by atoms with Crippen molar-refractivity contribution in [2.75, 3.05) is 12.3 Å². The third-order valence-electron chi connectivity index (χ3n) is 5.62. The molecule has 208 valence electrons. The van der Waals surface area contributed by atoms with Crippen LogP contribution in [0.2, 0.25) is 0 Å². The first kappa shape index (κ1) is 28.2. The van der Waals surface area contributed by atoms with Crippen molar-refractivity contribution in [3.8, 4) is 5.75 Å². The van der Waals surface area contributed by atoms with Gasteiger partial charge in [0.2, 0.25) is 0 Å². The van der Waals surface area contributed by atoms with Gasteiger partial charge in [0.15, 0.2) is 11.5 Å². The number of para-hydroxylation sites is 1. The first-order valence-corrected chi connectivity index (χ1v) is 13.4. The molecule has 0 radical (unpaired) electrons. The highest BCUT2D eigenvalue weighted by Gasteiger charge is 2.46. The highest BCUT2D eigenvalue weighted by Crippen LogP contribution is 2.46. The molecule has 1 aliphatic heterocycles. The zero-order valence-electron chi connectivity index (χ0n) is 21.3. The summed E-state index contributed by atoms with van der Waals surface area (Å²) in [6, 6.07) is 6.00. The van der Waals surface area contributed by atoms with E-state index in [-0.39, 0.29) is 17.2 Å². The van der Waals surface area contributed by atoms with Gasteiger partial charge in [0.1, 0.15) is 42.0 Å². The minimum atomic E-state index is -4.24. The van der Waals surface area contributed by atoms with Crippen LogP contribution >= 0.6 is 7.75 Å². The van der Waals surface area contributed by atoms with Crippen molar-refractivity contribution in [3.63, 3.8) is 0 Å². The second-order valence-corrected chi connectivity index (χ2v) is 10.6. The summed E-state index contributed by atoms with van der Waals surface area (Å²) in [5, 5.41) is 17.2. The topological polar surface area (TPSA) is 222 Å². The molecule has 2 unspecified atom stereocenters. The Balaban J connectivity index is 1.55. The first-order valence-electron chi connectivity index (χ1n) is 11.9. The summed E-state index contributed by atoms with van der Waals surface area (Å²) in [7, 11) is -4.24. The molecule has 3 heterocycles. The van der Waals surface area contributed by atoms with Gasteiger partial charge in [-0.3, -0.25) is 13.9 Å². The largest absolute Gasteiger partial charge is 0.462 e. The Bertz CT molecular complexity index is 1400. The molecule has 39 heavy (non-hydrogen) atoms. The fourth-order valence-corrected chi connectivity index (χ4v) is 5.35. The number of ether oxygens (including phenoxy) is 2. The number of azide groups is 1. The SMILES string of the molecule is CC(C)OC(=O)[C@H](C)NP(=O)(OC[C@H]1O[C@@H](n2cnc3c(N)ncnc32)C(N=[N+]=[N-])[C@@H]1O)Oc1ccccc1. The number of aliphatic hydroxyl groups is 1. The molecule has 0 aliphatic carbocycles. The molecule has 4 N–H and O–H groups in total. The van der Waals surface area contributed by atoms with Gasteiger partial charge in [-0.2, -0.15) is 5.09 Å². The van der Waals surface area contributed by atoms with Gasteiger partial charge < -0.3 is 24.8 Å². The molecule has 2 aromatic heterocycles. The van der Waals surface area contributed by atoms with E-state index in [4.69, 9.17) is 29.8 Å². The van der Waals surface area contributed by atoms with Crippen molar-refractivity contribution in [1.82, 2.24) is 24.6 Å². The maximum Gasteiger partial charge on any atom is 0.459 e. The highest BCUT2D eigenvalue weighted by atomic mass is 31.2. The number of carbonyl (C=O) groups excluding carboxylic acids is 1. The summed E-state index contributed by atoms with van der Waals surface area (Å²) >= 11 is 0. The van der Waals surface area contributed by atoms with Gasteiger partial charge in [0.05, 0.1) is 25.1 Å². The fraction of sp³-hybridized carbons (Fsp3) is 0.455. The molecule has 0 bridgehead atoms. The molecule has 17 heteroatoms. The summed E-state index contributed by atoms with van der Waals surface area (Å²) in [6.07, 6.45) is -1.35. The zero-order chi connectivity index (χ0) is 28.2. The van der Waals surface area contributed by atoms with Crippen molar-refractivity contribution in [2.24, 2.45) is 5.11 Å². The number of benzene rings is 1. The summed E-state index contributed by atoms with van der Waals surface area (Å²) in [5.41, 5.74) is 15.6. The molecular weight excluding hydrogens is 533 g/mol. The number of anilines is 1. The van der Waals surface area contributed by atoms with E-state index in [1.807, 2.05) is 0 Å². The predicted molar refractivity (Wildman–Crippen MR) is 137 cm³/mol. The average molecular weight is 561 g/mol. The van der Waals surface area contributed by atoms with E-state index >= 15 is 0 Å². The lowest BCUT2D eigenvalue weighted by atomic mass is 10.1. The summed E-state index contributed by atoms with van der Waals surface area (Å²) in [5.74, 6) is -0.329. The van der Waals surface area contributed by atoms with Gasteiger partial charge in [-0.15, -0.1) is 0 Å². The normalized spacial score (nSPS) is 23.2. The first-order chi connectivity index (χ1) is 18.6. The van der Waals surface area contributed by atoms with E-state index in [2.05, 4.69) is 30.1 Å². The van der Waals surface area contributed by atoms with Crippen LogP contribution in [-0.2, 0) is 23.4 Å². The molecule has 4 rings (SSSR count). The number of fused-ring (bicyclic) bond motifs is 1. The second-order valence-electron chi connectivity index (χ2n) is 8.87. The van der Waals surface area contributed by atoms with Crippen LogP contribution in [0.25, 0.3) is 21.6 Å². The molecule has 0 amide bonds. The average Bonchev–Trinajstić information content (AvgIpc) is 3.45. The van der Waals surface area contributed by atoms with Crippen LogP contribution < -0.4 is 15.3 Å². The quantitative estimate of drug-likeness (QED) is 0.101. The molecule has 1 aromatic carbocycles. The highest BCUT2D eigenvalue weighted by molar-refractivity contribution is 7.52. The Morgan fingerprint density at radius 3 is 2.74 bits per heavy atom. The van der Waals surface area contributed by atoms with Crippen LogP contribution in [0.15, 0.2) is 48.1 Å². The van der Waals surface area contributed by atoms with E-state index < -0.39 is 56.9 Å². The molecule has 6 atom stereocenters. The van der Waals surface area contributed by atoms with Crippen molar-refractivity contribution < 1.29 is 33.0 Å². The van der Waals surface area contributed by atoms with E-state index in [0.29, 0.717) is 5.52 Å². The number of nitrogens with zero attached hydrogens (tertiary/aromatic N) is 7. The molecule has 1 aliphatic rings. The van der Waals surface area contributed by atoms with Crippen LogP contribution in [0.1, 0.15) is 27.0 Å². The summed E-state index contributed by atoms with van der Waals surface area (Å²) in [4.78, 5) is 27.4. The zero-order valence-corrected chi connectivity index (χ0v) is 22.2. The Hall–Kier alpha value is -3.78. The van der Waals surface area contributed by atoms with Crippen molar-refractivity contribution in [1.29, 1.82) is 0 Å². The lowest BCUT2D eigenvalue weighted by Gasteiger charge is -2.25. The number of hydrogen-bond acceptors (Lipinski definition) is 12. The van der Waals surface area contributed by atoms with Crippen LogP contribution in [0.5, 0.6) is 5.75 Å². The smallest absolute Gasteiger partial charge is 0.459 e.